The van der Waals surface area contributed by atoms with Gasteiger partial charge in [0.05, 0.1) is 0 Å². The van der Waals surface area contributed by atoms with E-state index in [-0.39, 0.29) is 31.1 Å². The second kappa shape index (κ2) is 57.0. The molecule has 6 nitrogen and oxygen atoms in total. The Morgan fingerprint density at radius 2 is 0.529 bits per heavy atom. The van der Waals surface area contributed by atoms with Gasteiger partial charge in [0.15, 0.2) is 6.10 Å². The molecule has 1 unspecified atom stereocenters. The lowest BCUT2D eigenvalue weighted by Crippen LogP contribution is -2.30. The molecule has 0 fully saturated rings. The molecule has 1 atom stereocenters. The van der Waals surface area contributed by atoms with Crippen LogP contribution in [0.4, 0.5) is 0 Å². The minimum absolute atomic E-state index is 0.0804. The highest BCUT2D eigenvalue weighted by Crippen LogP contribution is 2.16. The van der Waals surface area contributed by atoms with Crippen LogP contribution in [0.2, 0.25) is 0 Å². The van der Waals surface area contributed by atoms with Gasteiger partial charge < -0.3 is 14.2 Å². The summed E-state index contributed by atoms with van der Waals surface area (Å²) in [7, 11) is 0. The van der Waals surface area contributed by atoms with Gasteiger partial charge in [0.25, 0.3) is 0 Å². The van der Waals surface area contributed by atoms with E-state index in [4.69, 9.17) is 14.2 Å². The van der Waals surface area contributed by atoms with Crippen molar-refractivity contribution in [1.29, 1.82) is 0 Å². The Morgan fingerprint density at radius 1 is 0.294 bits per heavy atom. The standard InChI is InChI=1S/C62H112O6/c1-4-7-10-13-16-19-22-25-28-31-32-35-37-40-43-46-49-52-55-61(64)67-58-59(68-62(65)56-53-50-47-44-41-38-34-30-27-24-21-18-15-12-9-6-3)57-66-60(63)54-51-48-45-42-39-36-33-29-26-23-20-17-14-11-8-5-2/h20-21,23-24,29-30,33-34,59H,4-19,22,25-28,31-32,35-58H2,1-3H3/b23-20-,24-21-,33-29-,34-30-. The summed E-state index contributed by atoms with van der Waals surface area (Å²) in [5.41, 5.74) is 0. The van der Waals surface area contributed by atoms with Gasteiger partial charge in [0.2, 0.25) is 0 Å². The summed E-state index contributed by atoms with van der Waals surface area (Å²) in [4.78, 5) is 38.2. The second-order valence-corrected chi connectivity index (χ2v) is 19.9. The number of carbonyl (C=O) groups excluding carboxylic acids is 3. The fraction of sp³-hybridized carbons (Fsp3) is 0.823. The predicted molar refractivity (Wildman–Crippen MR) is 293 cm³/mol. The first-order valence-corrected chi connectivity index (χ1v) is 29.6. The molecule has 0 saturated carbocycles. The van der Waals surface area contributed by atoms with Gasteiger partial charge in [-0.2, -0.15) is 0 Å². The molecule has 396 valence electrons. The quantitative estimate of drug-likeness (QED) is 0.0262. The molecule has 68 heavy (non-hydrogen) atoms. The number of esters is 3. The molecule has 0 heterocycles. The van der Waals surface area contributed by atoms with E-state index in [0.29, 0.717) is 19.3 Å². The monoisotopic (exact) mass is 953 g/mol. The molecule has 0 amide bonds. The van der Waals surface area contributed by atoms with E-state index in [1.54, 1.807) is 0 Å². The normalized spacial score (nSPS) is 12.3. The van der Waals surface area contributed by atoms with Crippen LogP contribution >= 0.6 is 0 Å². The third-order valence-electron chi connectivity index (χ3n) is 13.1. The van der Waals surface area contributed by atoms with Crippen LogP contribution in [0.5, 0.6) is 0 Å². The summed E-state index contributed by atoms with van der Waals surface area (Å²) >= 11 is 0. The van der Waals surface area contributed by atoms with Crippen molar-refractivity contribution in [2.45, 2.75) is 316 Å². The van der Waals surface area contributed by atoms with Crippen LogP contribution in [0, 0.1) is 0 Å². The van der Waals surface area contributed by atoms with Crippen LogP contribution in [0.3, 0.4) is 0 Å². The summed E-state index contributed by atoms with van der Waals surface area (Å²) in [6.07, 6.45) is 69.5. The van der Waals surface area contributed by atoms with E-state index in [2.05, 4.69) is 69.4 Å². The summed E-state index contributed by atoms with van der Waals surface area (Å²) in [6.45, 7) is 6.62. The summed E-state index contributed by atoms with van der Waals surface area (Å²) in [5.74, 6) is -0.892. The Kier molecular flexibility index (Phi) is 54.8. The van der Waals surface area contributed by atoms with Gasteiger partial charge in [-0.3, -0.25) is 14.4 Å². The van der Waals surface area contributed by atoms with E-state index in [0.717, 1.165) is 103 Å². The summed E-state index contributed by atoms with van der Waals surface area (Å²) < 4.78 is 16.9. The maximum absolute atomic E-state index is 12.9. The van der Waals surface area contributed by atoms with Crippen LogP contribution in [0.1, 0.15) is 310 Å². The molecule has 0 spiro atoms. The zero-order valence-electron chi connectivity index (χ0n) is 45.4. The van der Waals surface area contributed by atoms with Gasteiger partial charge in [-0.1, -0.05) is 256 Å². The van der Waals surface area contributed by atoms with Gasteiger partial charge in [-0.05, 0) is 83.5 Å². The van der Waals surface area contributed by atoms with Crippen LogP contribution in [0.25, 0.3) is 0 Å². The number of unbranched alkanes of at least 4 members (excludes halogenated alkanes) is 35. The maximum atomic E-state index is 12.9. The number of carbonyl (C=O) groups is 3. The first-order valence-electron chi connectivity index (χ1n) is 29.6. The Morgan fingerprint density at radius 3 is 0.824 bits per heavy atom. The van der Waals surface area contributed by atoms with Gasteiger partial charge in [-0.15, -0.1) is 0 Å². The van der Waals surface area contributed by atoms with E-state index in [1.165, 1.54) is 167 Å². The van der Waals surface area contributed by atoms with E-state index in [1.807, 2.05) is 0 Å². The highest BCUT2D eigenvalue weighted by molar-refractivity contribution is 5.71. The van der Waals surface area contributed by atoms with Crippen molar-refractivity contribution in [3.8, 4) is 0 Å². The van der Waals surface area contributed by atoms with Crippen LogP contribution < -0.4 is 0 Å². The molecule has 0 bridgehead atoms. The second-order valence-electron chi connectivity index (χ2n) is 19.9. The molecule has 0 rings (SSSR count). The molecule has 6 heteroatoms. The molecule has 0 saturated heterocycles. The molecule has 0 aromatic carbocycles. The number of hydrogen-bond acceptors (Lipinski definition) is 6. The van der Waals surface area contributed by atoms with Gasteiger partial charge >= 0.3 is 17.9 Å². The van der Waals surface area contributed by atoms with E-state index in [9.17, 15) is 14.4 Å². The molecule has 0 aromatic rings. The first-order chi connectivity index (χ1) is 33.5. The minimum atomic E-state index is -0.784. The molecule has 0 radical (unpaired) electrons. The third-order valence-corrected chi connectivity index (χ3v) is 13.1. The zero-order valence-corrected chi connectivity index (χ0v) is 45.4. The Labute approximate surface area is 422 Å². The van der Waals surface area contributed by atoms with Crippen molar-refractivity contribution >= 4 is 17.9 Å². The Bertz CT molecular complexity index is 1190. The fourth-order valence-corrected chi connectivity index (χ4v) is 8.56. The number of rotatable bonds is 54. The number of allylic oxidation sites excluding steroid dienone is 8. The third kappa shape index (κ3) is 54.3. The summed E-state index contributed by atoms with van der Waals surface area (Å²) in [6, 6.07) is 0. The highest BCUT2D eigenvalue weighted by atomic mass is 16.6. The summed E-state index contributed by atoms with van der Waals surface area (Å²) in [5, 5.41) is 0. The number of ether oxygens (including phenoxy) is 3. The molecule has 0 aliphatic heterocycles. The molecular formula is C62H112O6. The Balaban J connectivity index is 4.38. The topological polar surface area (TPSA) is 78.9 Å². The van der Waals surface area contributed by atoms with Gasteiger partial charge in [0.1, 0.15) is 13.2 Å². The van der Waals surface area contributed by atoms with Crippen LogP contribution in [-0.4, -0.2) is 37.2 Å². The minimum Gasteiger partial charge on any atom is -0.462 e. The Hall–Kier alpha value is -2.63. The molecule has 0 N–H and O–H groups in total. The fourth-order valence-electron chi connectivity index (χ4n) is 8.56. The average Bonchev–Trinajstić information content (AvgIpc) is 3.34. The van der Waals surface area contributed by atoms with Crippen molar-refractivity contribution in [3.63, 3.8) is 0 Å². The van der Waals surface area contributed by atoms with Crippen LogP contribution in [0.15, 0.2) is 48.6 Å². The van der Waals surface area contributed by atoms with Crippen molar-refractivity contribution in [3.05, 3.63) is 48.6 Å². The van der Waals surface area contributed by atoms with Crippen molar-refractivity contribution in [2.24, 2.45) is 0 Å². The van der Waals surface area contributed by atoms with E-state index < -0.39 is 6.10 Å². The molecule has 0 aliphatic rings. The highest BCUT2D eigenvalue weighted by Gasteiger charge is 2.19. The first kappa shape index (κ1) is 65.4. The van der Waals surface area contributed by atoms with Crippen molar-refractivity contribution < 1.29 is 28.6 Å². The van der Waals surface area contributed by atoms with Crippen molar-refractivity contribution in [1.82, 2.24) is 0 Å². The van der Waals surface area contributed by atoms with Gasteiger partial charge in [-0.25, -0.2) is 0 Å². The predicted octanol–water partition coefficient (Wildman–Crippen LogP) is 19.8. The van der Waals surface area contributed by atoms with Crippen molar-refractivity contribution in [2.75, 3.05) is 13.2 Å². The largest absolute Gasteiger partial charge is 0.462 e. The van der Waals surface area contributed by atoms with Crippen LogP contribution in [-0.2, 0) is 28.6 Å². The SMILES string of the molecule is CCCCCC/C=C\C/C=C\CCCCCCCC(=O)OCC(COC(=O)CCCCCCCCCCCCCCCCCCCC)OC(=O)CCCCCCC/C=C\C/C=C\CCCCCC. The zero-order chi connectivity index (χ0) is 49.3. The maximum Gasteiger partial charge on any atom is 0.306 e. The van der Waals surface area contributed by atoms with E-state index >= 15 is 0 Å². The van der Waals surface area contributed by atoms with Gasteiger partial charge in [0, 0.05) is 19.3 Å². The molecular weight excluding hydrogens is 841 g/mol. The lowest BCUT2D eigenvalue weighted by Gasteiger charge is -2.18. The smallest absolute Gasteiger partial charge is 0.306 e. The average molecular weight is 954 g/mol. The molecule has 0 aliphatic carbocycles. The lowest BCUT2D eigenvalue weighted by molar-refractivity contribution is -0.167. The molecule has 0 aromatic heterocycles. The lowest BCUT2D eigenvalue weighted by atomic mass is 10.0. The number of hydrogen-bond donors (Lipinski definition) is 0.